The van der Waals surface area contributed by atoms with E-state index in [1.807, 2.05) is 37.3 Å². The van der Waals surface area contributed by atoms with E-state index in [1.54, 1.807) is 22.0 Å². The molecular weight excluding hydrogens is 672 g/mol. The summed E-state index contributed by atoms with van der Waals surface area (Å²) in [5.74, 6) is 0.591. The number of ketones is 1. The molecule has 11 nitrogen and oxygen atoms in total. The number of amides is 2. The third-order valence-electron chi connectivity index (χ3n) is 10.0. The number of pyridine rings is 1. The summed E-state index contributed by atoms with van der Waals surface area (Å²) in [6.07, 6.45) is 13.5. The topological polar surface area (TPSA) is 126 Å². The first-order chi connectivity index (χ1) is 23.1. The number of fused-ring (bicyclic) bond motifs is 3. The van der Waals surface area contributed by atoms with E-state index in [2.05, 4.69) is 59.1 Å². The van der Waals surface area contributed by atoms with Crippen LogP contribution in [-0.4, -0.2) is 83.7 Å². The van der Waals surface area contributed by atoms with E-state index < -0.39 is 6.04 Å². The Morgan fingerprint density at radius 1 is 1.04 bits per heavy atom. The van der Waals surface area contributed by atoms with E-state index in [-0.39, 0.29) is 35.6 Å². The second kappa shape index (κ2) is 12.9. The Balaban J connectivity index is 1.21. The number of likely N-dealkylation sites (tertiary alicyclic amines) is 1. The first-order valence-electron chi connectivity index (χ1n) is 16.8. The lowest BCUT2D eigenvalue weighted by Gasteiger charge is -2.27. The zero-order valence-corrected chi connectivity index (χ0v) is 29.2. The van der Waals surface area contributed by atoms with Crippen LogP contribution >= 0.6 is 15.9 Å². The van der Waals surface area contributed by atoms with Gasteiger partial charge >= 0.3 is 0 Å². The molecular formula is C36H40BrN8O3+. The van der Waals surface area contributed by atoms with Crippen LogP contribution in [0.2, 0.25) is 0 Å². The van der Waals surface area contributed by atoms with Gasteiger partial charge in [0.2, 0.25) is 11.8 Å². The normalized spacial score (nSPS) is 24.0. The summed E-state index contributed by atoms with van der Waals surface area (Å²) in [6, 6.07) is 8.87. The van der Waals surface area contributed by atoms with Crippen LogP contribution in [0.25, 0.3) is 22.0 Å². The molecule has 1 aromatic carbocycles. The number of nitrogens with one attached hydrogen (secondary N) is 1. The molecule has 1 saturated heterocycles. The summed E-state index contributed by atoms with van der Waals surface area (Å²) in [7, 11) is 2.10. The van der Waals surface area contributed by atoms with Crippen LogP contribution in [0.3, 0.4) is 0 Å². The first kappa shape index (κ1) is 32.2. The van der Waals surface area contributed by atoms with Gasteiger partial charge < -0.3 is 10.2 Å². The number of nitrogens with zero attached hydrogens (tertiary/aromatic N) is 7. The number of piperidine rings is 1. The van der Waals surface area contributed by atoms with Gasteiger partial charge in [-0.15, -0.1) is 0 Å². The highest BCUT2D eigenvalue weighted by atomic mass is 79.9. The molecule has 3 aromatic heterocycles. The molecule has 0 radical (unpaired) electrons. The number of aromatic nitrogens is 5. The zero-order chi connectivity index (χ0) is 33.6. The van der Waals surface area contributed by atoms with E-state index in [1.165, 1.54) is 19.8 Å². The van der Waals surface area contributed by atoms with E-state index in [9.17, 15) is 14.4 Å². The maximum atomic E-state index is 14.3. The van der Waals surface area contributed by atoms with Crippen molar-refractivity contribution in [2.45, 2.75) is 83.8 Å². The Morgan fingerprint density at radius 2 is 1.81 bits per heavy atom. The van der Waals surface area contributed by atoms with Crippen LogP contribution in [0.1, 0.15) is 73.7 Å². The van der Waals surface area contributed by atoms with E-state index in [0.29, 0.717) is 39.3 Å². The standard InChI is InChI=1S/C36H39BrN8O3/c1-22(46)33-27-15-25(26-18-38-23(2)39-19-26)10-12-28(27)44(42-33)20-32(47)45-29-16-36(17-30(36)45)21-43(3)14-8-6-4-5-7-9-24-11-13-31(37)40-34(24)41-35(29)48/h10-13,15,18-19,21,29-30H,4-9,14,16-17,20H2,1-3H3/p+1/b43-21-/t29-,30?,36-/m0/s1. The molecule has 1 unspecified atom stereocenters. The quantitative estimate of drug-likeness (QED) is 0.171. The number of hydrogen-bond donors (Lipinski definition) is 1. The van der Waals surface area contributed by atoms with Crippen LogP contribution in [-0.2, 0) is 22.6 Å². The summed E-state index contributed by atoms with van der Waals surface area (Å²) in [6.45, 7) is 4.16. The smallest absolute Gasteiger partial charge is 0.248 e. The fraction of sp³-hybridized carbons (Fsp3) is 0.444. The highest BCUT2D eigenvalue weighted by Crippen LogP contribution is 2.58. The summed E-state index contributed by atoms with van der Waals surface area (Å²) < 4.78 is 4.49. The van der Waals surface area contributed by atoms with Crippen molar-refractivity contribution in [3.63, 3.8) is 0 Å². The minimum Gasteiger partial charge on any atom is -0.325 e. The highest BCUT2D eigenvalue weighted by molar-refractivity contribution is 9.10. The summed E-state index contributed by atoms with van der Waals surface area (Å²) in [4.78, 5) is 56.2. The number of benzene rings is 1. The van der Waals surface area contributed by atoms with Gasteiger partial charge in [-0.05, 0) is 84.3 Å². The molecule has 2 aliphatic heterocycles. The van der Waals surface area contributed by atoms with Crippen molar-refractivity contribution in [2.24, 2.45) is 5.41 Å². The van der Waals surface area contributed by atoms with E-state index >= 15 is 0 Å². The molecule has 3 atom stereocenters. The van der Waals surface area contributed by atoms with Gasteiger partial charge in [-0.25, -0.2) is 19.5 Å². The van der Waals surface area contributed by atoms with Gasteiger partial charge in [-0.3, -0.25) is 19.1 Å². The average Bonchev–Trinajstić information content (AvgIpc) is 3.45. The molecule has 2 bridgehead atoms. The Morgan fingerprint density at radius 3 is 2.60 bits per heavy atom. The summed E-state index contributed by atoms with van der Waals surface area (Å²) in [5, 5.41) is 8.39. The first-order valence-corrected chi connectivity index (χ1v) is 17.6. The molecule has 2 fully saturated rings. The number of Topliss-reactive ketones (excluding diaryl/α,β-unsaturated/α-hetero) is 1. The largest absolute Gasteiger partial charge is 0.325 e. The van der Waals surface area contributed by atoms with Gasteiger partial charge in [-0.2, -0.15) is 5.10 Å². The van der Waals surface area contributed by atoms with Crippen molar-refractivity contribution in [2.75, 3.05) is 18.9 Å². The fourth-order valence-corrected chi connectivity index (χ4v) is 7.81. The Labute approximate surface area is 288 Å². The minimum absolute atomic E-state index is 0.0870. The lowest BCUT2D eigenvalue weighted by atomic mass is 9.99. The Bertz CT molecular complexity index is 1950. The molecule has 4 aromatic rings. The average molecular weight is 713 g/mol. The van der Waals surface area contributed by atoms with Gasteiger partial charge in [0.05, 0.1) is 10.9 Å². The van der Waals surface area contributed by atoms with Gasteiger partial charge in [0, 0.05) is 42.7 Å². The predicted molar refractivity (Wildman–Crippen MR) is 186 cm³/mol. The number of carbonyl (C=O) groups is 3. The van der Waals surface area contributed by atoms with Gasteiger partial charge in [0.15, 0.2) is 5.78 Å². The molecule has 1 saturated carbocycles. The van der Waals surface area contributed by atoms with E-state index in [0.717, 1.165) is 55.3 Å². The van der Waals surface area contributed by atoms with Crippen molar-refractivity contribution in [3.05, 3.63) is 64.4 Å². The number of hydrogen-bond acceptors (Lipinski definition) is 7. The van der Waals surface area contributed by atoms with Crippen LogP contribution in [0.15, 0.2) is 47.3 Å². The van der Waals surface area contributed by atoms with Crippen LogP contribution in [0.5, 0.6) is 0 Å². The van der Waals surface area contributed by atoms with Crippen molar-refractivity contribution >= 4 is 56.5 Å². The van der Waals surface area contributed by atoms with Gasteiger partial charge in [0.1, 0.15) is 54.3 Å². The maximum Gasteiger partial charge on any atom is 0.248 e. The van der Waals surface area contributed by atoms with E-state index in [4.69, 9.17) is 0 Å². The number of halogens is 1. The van der Waals surface area contributed by atoms with Gasteiger partial charge in [-0.1, -0.05) is 25.0 Å². The zero-order valence-electron chi connectivity index (χ0n) is 27.6. The van der Waals surface area contributed by atoms with Crippen LogP contribution < -0.4 is 5.32 Å². The van der Waals surface area contributed by atoms with Gasteiger partial charge in [0.25, 0.3) is 0 Å². The second-order valence-electron chi connectivity index (χ2n) is 13.5. The second-order valence-corrected chi connectivity index (χ2v) is 14.4. The summed E-state index contributed by atoms with van der Waals surface area (Å²) in [5.41, 5.74) is 3.39. The molecule has 1 spiro atoms. The van der Waals surface area contributed by atoms with Crippen molar-refractivity contribution in [1.29, 1.82) is 0 Å². The highest BCUT2D eigenvalue weighted by Gasteiger charge is 2.68. The number of rotatable bonds is 4. The third kappa shape index (κ3) is 6.29. The molecule has 248 valence electrons. The number of aryl methyl sites for hydroxylation is 2. The molecule has 3 aliphatic rings. The predicted octanol–water partition coefficient (Wildman–Crippen LogP) is 5.38. The minimum atomic E-state index is -0.662. The number of carbonyl (C=O) groups excluding carboxylic acids is 3. The SMILES string of the molecule is CC(=O)c1nn(CC(=O)N2C3C[C@@]34/C=[N+](/C)CCCCCCCc3ccc(Br)nc3NC(=O)[C@@H]2C4)c2ccc(-c3cnc(C)nc3)cc12. The molecule has 5 heterocycles. The molecule has 1 N–H and O–H groups in total. The fourth-order valence-electron chi connectivity index (χ4n) is 7.50. The molecule has 7 rings (SSSR count). The maximum absolute atomic E-state index is 14.3. The molecule has 1 aliphatic carbocycles. The van der Waals surface area contributed by atoms with Crippen molar-refractivity contribution < 1.29 is 19.0 Å². The van der Waals surface area contributed by atoms with Crippen molar-refractivity contribution in [3.8, 4) is 11.1 Å². The van der Waals surface area contributed by atoms with Crippen LogP contribution in [0, 0.1) is 12.3 Å². The molecule has 2 amide bonds. The lowest BCUT2D eigenvalue weighted by molar-refractivity contribution is -0.495. The summed E-state index contributed by atoms with van der Waals surface area (Å²) >= 11 is 3.47. The van der Waals surface area contributed by atoms with Crippen LogP contribution in [0.4, 0.5) is 5.82 Å². The molecule has 48 heavy (non-hydrogen) atoms. The Hall–Kier alpha value is -4.32. The monoisotopic (exact) mass is 711 g/mol. The molecule has 12 heteroatoms. The third-order valence-corrected chi connectivity index (χ3v) is 10.5. The number of anilines is 1. The Kier molecular flexibility index (Phi) is 8.69. The lowest BCUT2D eigenvalue weighted by Crippen LogP contribution is -2.47. The van der Waals surface area contributed by atoms with Crippen molar-refractivity contribution in [1.82, 2.24) is 29.6 Å².